The summed E-state index contributed by atoms with van der Waals surface area (Å²) < 4.78 is 9.74. The number of methoxy groups -OCH3 is 1. The normalized spacial score (nSPS) is 10.1. The highest BCUT2D eigenvalue weighted by molar-refractivity contribution is 7.17. The maximum Gasteiger partial charge on any atom is 0.350 e. The smallest absolute Gasteiger partial charge is 0.350 e. The van der Waals surface area contributed by atoms with Crippen LogP contribution < -0.4 is 5.73 Å². The lowest BCUT2D eigenvalue weighted by molar-refractivity contribution is 0.0527. The van der Waals surface area contributed by atoms with Crippen LogP contribution in [0.15, 0.2) is 0 Å². The molecule has 0 bridgehead atoms. The third-order valence-electron chi connectivity index (χ3n) is 1.46. The molecule has 0 saturated carbocycles. The Morgan fingerprint density at radius 2 is 2.36 bits per heavy atom. The van der Waals surface area contributed by atoms with E-state index in [0.717, 1.165) is 11.3 Å². The molecule has 0 fully saturated rings. The fourth-order valence-electron chi connectivity index (χ4n) is 0.961. The highest BCUT2D eigenvalue weighted by Gasteiger charge is 2.17. The fraction of sp³-hybridized carbons (Fsp3) is 0.500. The maximum absolute atomic E-state index is 11.4. The highest BCUT2D eigenvalue weighted by Crippen LogP contribution is 2.21. The number of rotatable bonds is 4. The molecule has 0 saturated heterocycles. The van der Waals surface area contributed by atoms with Crippen LogP contribution in [0.2, 0.25) is 0 Å². The van der Waals surface area contributed by atoms with E-state index in [1.165, 1.54) is 7.11 Å². The van der Waals surface area contributed by atoms with Crippen molar-refractivity contribution >= 4 is 22.4 Å². The molecule has 1 aromatic rings. The van der Waals surface area contributed by atoms with Crippen LogP contribution in [0, 0.1) is 0 Å². The first-order valence-corrected chi connectivity index (χ1v) is 4.92. The van der Waals surface area contributed by atoms with Gasteiger partial charge in [0.05, 0.1) is 18.9 Å². The summed E-state index contributed by atoms with van der Waals surface area (Å²) in [6.07, 6.45) is 0. The fourth-order valence-corrected chi connectivity index (χ4v) is 1.69. The van der Waals surface area contributed by atoms with Gasteiger partial charge in [0.25, 0.3) is 0 Å². The van der Waals surface area contributed by atoms with Crippen molar-refractivity contribution < 1.29 is 14.3 Å². The number of aromatic nitrogens is 1. The minimum absolute atomic E-state index is 0.266. The molecule has 0 amide bonds. The molecule has 0 unspecified atom stereocenters. The van der Waals surface area contributed by atoms with Gasteiger partial charge in [-0.3, -0.25) is 0 Å². The van der Waals surface area contributed by atoms with E-state index in [9.17, 15) is 4.79 Å². The van der Waals surface area contributed by atoms with Crippen molar-refractivity contribution in [3.05, 3.63) is 10.6 Å². The number of carbonyl (C=O) groups excluding carboxylic acids is 1. The van der Waals surface area contributed by atoms with Gasteiger partial charge in [-0.1, -0.05) is 11.3 Å². The molecule has 1 aromatic heterocycles. The van der Waals surface area contributed by atoms with Gasteiger partial charge in [0, 0.05) is 7.11 Å². The average molecular weight is 216 g/mol. The van der Waals surface area contributed by atoms with E-state index in [0.29, 0.717) is 22.3 Å². The third-order valence-corrected chi connectivity index (χ3v) is 2.36. The Bertz CT molecular complexity index is 324. The summed E-state index contributed by atoms with van der Waals surface area (Å²) in [6, 6.07) is 0. The summed E-state index contributed by atoms with van der Waals surface area (Å²) in [7, 11) is 1.53. The molecule has 6 heteroatoms. The number of ether oxygens (including phenoxy) is 2. The van der Waals surface area contributed by atoms with Gasteiger partial charge < -0.3 is 15.2 Å². The zero-order chi connectivity index (χ0) is 10.6. The van der Waals surface area contributed by atoms with Crippen LogP contribution in [0.1, 0.15) is 22.3 Å². The molecule has 0 atom stereocenters. The number of nitrogens with two attached hydrogens (primary N) is 1. The predicted octanol–water partition coefficient (Wildman–Crippen LogP) is 1.05. The second-order valence-electron chi connectivity index (χ2n) is 2.48. The first kappa shape index (κ1) is 10.9. The molecule has 0 aliphatic carbocycles. The number of hydrogen-bond acceptors (Lipinski definition) is 6. The molecule has 0 spiro atoms. The van der Waals surface area contributed by atoms with E-state index in [1.807, 2.05) is 0 Å². The van der Waals surface area contributed by atoms with Crippen molar-refractivity contribution in [1.29, 1.82) is 0 Å². The minimum atomic E-state index is -0.395. The Kier molecular flexibility index (Phi) is 3.84. The summed E-state index contributed by atoms with van der Waals surface area (Å²) in [5, 5.41) is 0.347. The van der Waals surface area contributed by atoms with Crippen molar-refractivity contribution in [2.45, 2.75) is 13.5 Å². The van der Waals surface area contributed by atoms with Gasteiger partial charge in [-0.15, -0.1) is 0 Å². The van der Waals surface area contributed by atoms with Crippen LogP contribution in [0.25, 0.3) is 0 Å². The van der Waals surface area contributed by atoms with Crippen molar-refractivity contribution in [3.63, 3.8) is 0 Å². The van der Waals surface area contributed by atoms with E-state index < -0.39 is 5.97 Å². The lowest BCUT2D eigenvalue weighted by atomic mass is 10.4. The number of thiazole rings is 1. The van der Waals surface area contributed by atoms with Gasteiger partial charge in [0.15, 0.2) is 5.13 Å². The van der Waals surface area contributed by atoms with E-state index >= 15 is 0 Å². The summed E-state index contributed by atoms with van der Waals surface area (Å²) in [5.41, 5.74) is 6.02. The molecular weight excluding hydrogens is 204 g/mol. The number of hydrogen-bond donors (Lipinski definition) is 1. The van der Waals surface area contributed by atoms with Crippen molar-refractivity contribution in [2.75, 3.05) is 19.5 Å². The first-order chi connectivity index (χ1) is 6.69. The zero-order valence-corrected chi connectivity index (χ0v) is 8.89. The van der Waals surface area contributed by atoms with Crippen molar-refractivity contribution in [2.24, 2.45) is 0 Å². The highest BCUT2D eigenvalue weighted by atomic mass is 32.1. The molecule has 0 aliphatic rings. The van der Waals surface area contributed by atoms with Crippen molar-refractivity contribution in [1.82, 2.24) is 4.98 Å². The summed E-state index contributed by atoms with van der Waals surface area (Å²) in [6.45, 7) is 2.35. The number of nitrogens with zero attached hydrogens (tertiary/aromatic N) is 1. The summed E-state index contributed by atoms with van der Waals surface area (Å²) in [4.78, 5) is 15.8. The Hall–Kier alpha value is -1.14. The number of nitrogen functional groups attached to an aromatic ring is 1. The maximum atomic E-state index is 11.4. The lowest BCUT2D eigenvalue weighted by Crippen LogP contribution is -2.06. The number of anilines is 1. The summed E-state index contributed by atoms with van der Waals surface area (Å²) >= 11 is 1.11. The van der Waals surface area contributed by atoms with Crippen LogP contribution in [-0.2, 0) is 16.1 Å². The standard InChI is InChI=1S/C8H12N2O3S/c1-3-13-7(11)6-5(4-12-2)10-8(9)14-6/h3-4H2,1-2H3,(H2,9,10). The second-order valence-corrected chi connectivity index (χ2v) is 3.51. The molecule has 0 radical (unpaired) electrons. The molecule has 1 rings (SSSR count). The largest absolute Gasteiger partial charge is 0.462 e. The molecule has 0 aliphatic heterocycles. The average Bonchev–Trinajstić information content (AvgIpc) is 2.48. The van der Waals surface area contributed by atoms with Gasteiger partial charge in [0.2, 0.25) is 0 Å². The zero-order valence-electron chi connectivity index (χ0n) is 8.07. The molecule has 2 N–H and O–H groups in total. The first-order valence-electron chi connectivity index (χ1n) is 4.10. The van der Waals surface area contributed by atoms with Gasteiger partial charge in [0.1, 0.15) is 4.88 Å². The van der Waals surface area contributed by atoms with Crippen LogP contribution in [0.4, 0.5) is 5.13 Å². The Morgan fingerprint density at radius 1 is 1.64 bits per heavy atom. The quantitative estimate of drug-likeness (QED) is 0.761. The van der Waals surface area contributed by atoms with Crippen LogP contribution >= 0.6 is 11.3 Å². The van der Waals surface area contributed by atoms with Crippen LogP contribution in [-0.4, -0.2) is 24.7 Å². The Balaban J connectivity index is 2.88. The van der Waals surface area contributed by atoms with Crippen LogP contribution in [0.5, 0.6) is 0 Å². The molecule has 78 valence electrons. The molecule has 1 heterocycles. The van der Waals surface area contributed by atoms with Gasteiger partial charge in [-0.2, -0.15) is 0 Å². The minimum Gasteiger partial charge on any atom is -0.462 e. The molecule has 0 aromatic carbocycles. The third kappa shape index (κ3) is 2.43. The molecular formula is C8H12N2O3S. The van der Waals surface area contributed by atoms with Crippen molar-refractivity contribution in [3.8, 4) is 0 Å². The van der Waals surface area contributed by atoms with Gasteiger partial charge >= 0.3 is 5.97 Å². The van der Waals surface area contributed by atoms with E-state index in [1.54, 1.807) is 6.92 Å². The van der Waals surface area contributed by atoms with E-state index in [4.69, 9.17) is 15.2 Å². The lowest BCUT2D eigenvalue weighted by Gasteiger charge is -2.00. The summed E-state index contributed by atoms with van der Waals surface area (Å²) in [5.74, 6) is -0.395. The van der Waals surface area contributed by atoms with Crippen LogP contribution in [0.3, 0.4) is 0 Å². The molecule has 14 heavy (non-hydrogen) atoms. The second kappa shape index (κ2) is 4.92. The van der Waals surface area contributed by atoms with E-state index in [2.05, 4.69) is 4.98 Å². The Labute approximate surface area is 85.8 Å². The topological polar surface area (TPSA) is 74.4 Å². The van der Waals surface area contributed by atoms with Gasteiger partial charge in [-0.05, 0) is 6.92 Å². The number of esters is 1. The predicted molar refractivity (Wildman–Crippen MR) is 53.2 cm³/mol. The molecule has 5 nitrogen and oxygen atoms in total. The van der Waals surface area contributed by atoms with E-state index in [-0.39, 0.29) is 6.61 Å². The monoisotopic (exact) mass is 216 g/mol. The van der Waals surface area contributed by atoms with Gasteiger partial charge in [-0.25, -0.2) is 9.78 Å². The Morgan fingerprint density at radius 3 is 2.93 bits per heavy atom. The SMILES string of the molecule is CCOC(=O)c1sc(N)nc1COC. The number of carbonyl (C=O) groups is 1.